The van der Waals surface area contributed by atoms with Crippen LogP contribution in [0, 0.1) is 0 Å². The summed E-state index contributed by atoms with van der Waals surface area (Å²) in [5.74, 6) is -0.803. The van der Waals surface area contributed by atoms with Crippen molar-refractivity contribution < 1.29 is 14.3 Å². The minimum atomic E-state index is -0.803. The molecule has 0 radical (unpaired) electrons. The monoisotopic (exact) mass is 197 g/mol. The van der Waals surface area contributed by atoms with Gasteiger partial charge >= 0.3 is 5.97 Å². The van der Waals surface area contributed by atoms with Crippen LogP contribution in [0.2, 0.25) is 0 Å². The van der Waals surface area contributed by atoms with Crippen molar-refractivity contribution in [3.05, 3.63) is 0 Å². The van der Waals surface area contributed by atoms with E-state index >= 15 is 0 Å². The zero-order valence-electron chi connectivity index (χ0n) is 7.86. The van der Waals surface area contributed by atoms with Crippen LogP contribution in [0.3, 0.4) is 0 Å². The highest BCUT2D eigenvalue weighted by atomic mass is 35.5. The number of nitrogens with zero attached hydrogens (tertiary/aromatic N) is 1. The highest BCUT2D eigenvalue weighted by molar-refractivity contribution is 6.20. The Labute approximate surface area is 79.3 Å². The van der Waals surface area contributed by atoms with Gasteiger partial charge in [0.25, 0.3) is 0 Å². The van der Waals surface area contributed by atoms with Crippen molar-refractivity contribution in [2.45, 2.75) is 6.92 Å². The molecule has 0 aromatic heterocycles. The molecule has 0 aromatic carbocycles. The van der Waals surface area contributed by atoms with Crippen LogP contribution in [-0.2, 0) is 14.3 Å². The first-order chi connectivity index (χ1) is 5.04. The number of halogens is 1. The third kappa shape index (κ3) is 34.3. The van der Waals surface area contributed by atoms with E-state index in [0.29, 0.717) is 0 Å². The van der Waals surface area contributed by atoms with Gasteiger partial charge in [-0.15, -0.1) is 12.4 Å². The lowest BCUT2D eigenvalue weighted by atomic mass is 10.7. The summed E-state index contributed by atoms with van der Waals surface area (Å²) in [5.41, 5.74) is 0. The summed E-state index contributed by atoms with van der Waals surface area (Å²) in [7, 11) is 6.00. The van der Waals surface area contributed by atoms with Gasteiger partial charge in [-0.2, -0.15) is 0 Å². The molecule has 0 atom stereocenters. The molecule has 0 bridgehead atoms. The van der Waals surface area contributed by atoms with Gasteiger partial charge in [0.15, 0.2) is 0 Å². The van der Waals surface area contributed by atoms with Gasteiger partial charge in [0.2, 0.25) is 6.29 Å². The fourth-order valence-electron chi connectivity index (χ4n) is 0.176. The van der Waals surface area contributed by atoms with E-state index in [1.165, 1.54) is 0 Å². The highest BCUT2D eigenvalue weighted by Gasteiger charge is 1.91. The SMILES string of the molecule is CCOC(=O)C=O.CN(C)C.Cl. The summed E-state index contributed by atoms with van der Waals surface area (Å²) in [6.45, 7) is 1.90. The Kier molecular flexibility index (Phi) is 18.9. The zero-order valence-corrected chi connectivity index (χ0v) is 8.68. The van der Waals surface area contributed by atoms with Crippen molar-refractivity contribution in [3.8, 4) is 0 Å². The largest absolute Gasteiger partial charge is 0.460 e. The number of hydrogen-bond acceptors (Lipinski definition) is 4. The summed E-state index contributed by atoms with van der Waals surface area (Å²) in [5, 5.41) is 0. The number of carbonyl (C=O) groups excluding carboxylic acids is 2. The Bertz CT molecular complexity index is 114. The number of ether oxygens (including phenoxy) is 1. The van der Waals surface area contributed by atoms with Crippen LogP contribution in [-0.4, -0.2) is 44.9 Å². The number of carbonyl (C=O) groups is 2. The molecule has 74 valence electrons. The maximum atomic E-state index is 9.82. The van der Waals surface area contributed by atoms with Crippen LogP contribution >= 0.6 is 12.4 Å². The third-order valence-corrected chi connectivity index (χ3v) is 0.383. The zero-order chi connectivity index (χ0) is 9.28. The first-order valence-electron chi connectivity index (χ1n) is 3.27. The molecule has 0 fully saturated rings. The summed E-state index contributed by atoms with van der Waals surface area (Å²) in [4.78, 5) is 21.2. The maximum Gasteiger partial charge on any atom is 0.371 e. The fraction of sp³-hybridized carbons (Fsp3) is 0.714. The topological polar surface area (TPSA) is 46.6 Å². The first kappa shape index (κ1) is 17.5. The van der Waals surface area contributed by atoms with Gasteiger partial charge in [0.1, 0.15) is 0 Å². The van der Waals surface area contributed by atoms with E-state index in [4.69, 9.17) is 0 Å². The number of hydrogen-bond donors (Lipinski definition) is 0. The van der Waals surface area contributed by atoms with Gasteiger partial charge in [-0.3, -0.25) is 4.79 Å². The second kappa shape index (κ2) is 13.0. The molecule has 12 heavy (non-hydrogen) atoms. The van der Waals surface area contributed by atoms with E-state index < -0.39 is 5.97 Å². The second-order valence-electron chi connectivity index (χ2n) is 2.21. The Hall–Kier alpha value is -0.610. The average molecular weight is 198 g/mol. The molecular formula is C7H16ClNO3. The van der Waals surface area contributed by atoms with Crippen LogP contribution in [0.1, 0.15) is 6.92 Å². The van der Waals surface area contributed by atoms with Crippen molar-refractivity contribution >= 4 is 24.7 Å². The predicted molar refractivity (Wildman–Crippen MR) is 49.6 cm³/mol. The van der Waals surface area contributed by atoms with Crippen LogP contribution in [0.15, 0.2) is 0 Å². The smallest absolute Gasteiger partial charge is 0.371 e. The quantitative estimate of drug-likeness (QED) is 0.364. The van der Waals surface area contributed by atoms with E-state index in [2.05, 4.69) is 4.74 Å². The van der Waals surface area contributed by atoms with Crippen LogP contribution in [0.4, 0.5) is 0 Å². The highest BCUT2D eigenvalue weighted by Crippen LogP contribution is 1.68. The van der Waals surface area contributed by atoms with E-state index in [9.17, 15) is 9.59 Å². The van der Waals surface area contributed by atoms with Crippen LogP contribution in [0.5, 0.6) is 0 Å². The molecule has 0 aliphatic rings. The predicted octanol–water partition coefficient (Wildman–Crippen LogP) is 0.348. The van der Waals surface area contributed by atoms with E-state index in [-0.39, 0.29) is 25.3 Å². The molecule has 0 spiro atoms. The second-order valence-corrected chi connectivity index (χ2v) is 2.21. The van der Waals surface area contributed by atoms with Crippen molar-refractivity contribution in [1.82, 2.24) is 4.90 Å². The summed E-state index contributed by atoms with van der Waals surface area (Å²) in [6, 6.07) is 0. The van der Waals surface area contributed by atoms with Gasteiger partial charge in [-0.25, -0.2) is 4.79 Å². The molecular weight excluding hydrogens is 182 g/mol. The van der Waals surface area contributed by atoms with E-state index in [1.807, 2.05) is 26.0 Å². The summed E-state index contributed by atoms with van der Waals surface area (Å²) >= 11 is 0. The summed E-state index contributed by atoms with van der Waals surface area (Å²) < 4.78 is 4.18. The molecule has 0 unspecified atom stereocenters. The molecule has 0 saturated heterocycles. The van der Waals surface area contributed by atoms with Crippen molar-refractivity contribution in [3.63, 3.8) is 0 Å². The lowest BCUT2D eigenvalue weighted by Crippen LogP contribution is -2.03. The van der Waals surface area contributed by atoms with Gasteiger partial charge in [-0.1, -0.05) is 0 Å². The number of rotatable bonds is 2. The molecule has 0 N–H and O–H groups in total. The Morgan fingerprint density at radius 3 is 1.83 bits per heavy atom. The molecule has 4 nitrogen and oxygen atoms in total. The Balaban J connectivity index is -0.000000142. The third-order valence-electron chi connectivity index (χ3n) is 0.383. The molecule has 0 aliphatic heterocycles. The van der Waals surface area contributed by atoms with Crippen LogP contribution in [0.25, 0.3) is 0 Å². The maximum absolute atomic E-state index is 9.82. The lowest BCUT2D eigenvalue weighted by molar-refractivity contribution is -0.148. The molecule has 0 heterocycles. The molecule has 0 saturated carbocycles. The lowest BCUT2D eigenvalue weighted by Gasteiger charge is -1.90. The van der Waals surface area contributed by atoms with Crippen molar-refractivity contribution in [2.24, 2.45) is 0 Å². The van der Waals surface area contributed by atoms with Crippen molar-refractivity contribution in [2.75, 3.05) is 27.7 Å². The first-order valence-corrected chi connectivity index (χ1v) is 3.27. The molecule has 5 heteroatoms. The normalized spacial score (nSPS) is 7.42. The minimum Gasteiger partial charge on any atom is -0.460 e. The van der Waals surface area contributed by atoms with Crippen molar-refractivity contribution in [1.29, 1.82) is 0 Å². The standard InChI is InChI=1S/C4H6O3.C3H9N.ClH/c1-2-7-4(6)3-5;1-4(2)3;/h3H,2H2,1H3;1-3H3;1H. The van der Waals surface area contributed by atoms with E-state index in [0.717, 1.165) is 0 Å². The van der Waals surface area contributed by atoms with Gasteiger partial charge < -0.3 is 9.64 Å². The number of aldehydes is 1. The number of esters is 1. The Morgan fingerprint density at radius 1 is 1.42 bits per heavy atom. The van der Waals surface area contributed by atoms with Gasteiger partial charge in [-0.05, 0) is 28.1 Å². The Morgan fingerprint density at radius 2 is 1.75 bits per heavy atom. The average Bonchev–Trinajstić information content (AvgIpc) is 1.87. The fourth-order valence-corrected chi connectivity index (χ4v) is 0.176. The molecule has 0 aromatic rings. The van der Waals surface area contributed by atoms with Gasteiger partial charge in [0, 0.05) is 0 Å². The summed E-state index contributed by atoms with van der Waals surface area (Å²) in [6.07, 6.45) is 0.142. The minimum absolute atomic E-state index is 0. The molecule has 0 amide bonds. The molecule has 0 rings (SSSR count). The molecule has 0 aliphatic carbocycles. The van der Waals surface area contributed by atoms with Crippen LogP contribution < -0.4 is 0 Å². The van der Waals surface area contributed by atoms with Gasteiger partial charge in [0.05, 0.1) is 6.61 Å². The van der Waals surface area contributed by atoms with E-state index in [1.54, 1.807) is 6.92 Å².